The van der Waals surface area contributed by atoms with E-state index in [4.69, 9.17) is 14.2 Å². The molecular formula is C23H21NO5. The number of carbonyl (C=O) groups excluding carboxylic acids is 2. The largest absolute Gasteiger partial charge is 0.490 e. The Hall–Kier alpha value is -3.80. The first-order valence-electron chi connectivity index (χ1n) is 9.12. The van der Waals surface area contributed by atoms with Crippen molar-refractivity contribution in [2.75, 3.05) is 18.5 Å². The molecule has 1 amide bonds. The van der Waals surface area contributed by atoms with Crippen LogP contribution in [0.5, 0.6) is 17.2 Å². The van der Waals surface area contributed by atoms with Gasteiger partial charge in [0.15, 0.2) is 5.75 Å². The van der Waals surface area contributed by atoms with Crippen molar-refractivity contribution in [3.63, 3.8) is 0 Å². The summed E-state index contributed by atoms with van der Waals surface area (Å²) in [4.78, 5) is 24.0. The van der Waals surface area contributed by atoms with E-state index < -0.39 is 5.97 Å². The molecule has 0 fully saturated rings. The molecule has 0 aliphatic rings. The first-order chi connectivity index (χ1) is 14.1. The van der Waals surface area contributed by atoms with Gasteiger partial charge in [-0.2, -0.15) is 0 Å². The lowest BCUT2D eigenvalue weighted by molar-refractivity contribution is -0.114. The molecule has 0 bridgehead atoms. The van der Waals surface area contributed by atoms with Gasteiger partial charge in [0.05, 0.1) is 5.69 Å². The minimum Gasteiger partial charge on any atom is -0.490 e. The second kappa shape index (κ2) is 9.94. The normalized spacial score (nSPS) is 10.1. The van der Waals surface area contributed by atoms with Crippen LogP contribution in [0.2, 0.25) is 0 Å². The maximum absolute atomic E-state index is 12.7. The number of ether oxygens (including phenoxy) is 3. The van der Waals surface area contributed by atoms with Gasteiger partial charge in [0.2, 0.25) is 5.91 Å². The number of para-hydroxylation sites is 4. The first kappa shape index (κ1) is 19.9. The molecule has 3 aromatic rings. The quantitative estimate of drug-likeness (QED) is 0.352. The molecule has 3 aromatic carbocycles. The maximum Gasteiger partial charge on any atom is 0.347 e. The van der Waals surface area contributed by atoms with E-state index in [0.717, 1.165) is 5.75 Å². The van der Waals surface area contributed by atoms with E-state index in [-0.39, 0.29) is 23.8 Å². The topological polar surface area (TPSA) is 73.9 Å². The molecule has 0 aliphatic carbocycles. The molecule has 3 rings (SSSR count). The Morgan fingerprint density at radius 3 is 2.14 bits per heavy atom. The Balaban J connectivity index is 1.64. The monoisotopic (exact) mass is 391 g/mol. The average Bonchev–Trinajstić information content (AvgIpc) is 2.73. The van der Waals surface area contributed by atoms with Crippen LogP contribution in [0.3, 0.4) is 0 Å². The van der Waals surface area contributed by atoms with Crippen molar-refractivity contribution < 1.29 is 23.8 Å². The van der Waals surface area contributed by atoms with Crippen LogP contribution >= 0.6 is 0 Å². The Morgan fingerprint density at radius 2 is 1.38 bits per heavy atom. The number of esters is 1. The highest BCUT2D eigenvalue weighted by molar-refractivity contribution is 5.96. The highest BCUT2D eigenvalue weighted by Gasteiger charge is 2.16. The second-order valence-corrected chi connectivity index (χ2v) is 6.07. The van der Waals surface area contributed by atoms with Gasteiger partial charge in [-0.3, -0.25) is 4.79 Å². The van der Waals surface area contributed by atoms with Crippen LogP contribution in [0.4, 0.5) is 5.69 Å². The van der Waals surface area contributed by atoms with Crippen LogP contribution in [0.25, 0.3) is 0 Å². The molecule has 6 nitrogen and oxygen atoms in total. The predicted molar refractivity (Wildman–Crippen MR) is 110 cm³/mol. The van der Waals surface area contributed by atoms with Gasteiger partial charge < -0.3 is 19.5 Å². The van der Waals surface area contributed by atoms with Gasteiger partial charge in [-0.15, -0.1) is 0 Å². The summed E-state index contributed by atoms with van der Waals surface area (Å²) >= 11 is 0. The van der Waals surface area contributed by atoms with E-state index in [2.05, 4.69) is 5.32 Å². The summed E-state index contributed by atoms with van der Waals surface area (Å²) in [6, 6.07) is 23.0. The molecule has 0 spiro atoms. The summed E-state index contributed by atoms with van der Waals surface area (Å²) in [5, 5.41) is 2.64. The SMILES string of the molecule is CC(=O)Nc1ccccc1OC(=O)c1ccccc1OCCOc1ccccc1. The molecule has 0 heterocycles. The molecule has 29 heavy (non-hydrogen) atoms. The highest BCUT2D eigenvalue weighted by Crippen LogP contribution is 2.26. The highest BCUT2D eigenvalue weighted by atomic mass is 16.5. The van der Waals surface area contributed by atoms with Crippen molar-refractivity contribution >= 4 is 17.6 Å². The number of rotatable bonds is 8. The van der Waals surface area contributed by atoms with Gasteiger partial charge in [0, 0.05) is 6.92 Å². The van der Waals surface area contributed by atoms with Crippen molar-refractivity contribution in [2.45, 2.75) is 6.92 Å². The zero-order chi connectivity index (χ0) is 20.5. The van der Waals surface area contributed by atoms with Crippen molar-refractivity contribution in [2.24, 2.45) is 0 Å². The van der Waals surface area contributed by atoms with Gasteiger partial charge >= 0.3 is 5.97 Å². The van der Waals surface area contributed by atoms with Crippen LogP contribution in [-0.2, 0) is 4.79 Å². The number of nitrogens with one attached hydrogen (secondary N) is 1. The molecule has 148 valence electrons. The predicted octanol–water partition coefficient (Wildman–Crippen LogP) is 4.32. The van der Waals surface area contributed by atoms with Crippen LogP contribution in [0.1, 0.15) is 17.3 Å². The van der Waals surface area contributed by atoms with Crippen LogP contribution in [0.15, 0.2) is 78.9 Å². The fourth-order valence-corrected chi connectivity index (χ4v) is 2.59. The summed E-state index contributed by atoms with van der Waals surface area (Å²) in [5.41, 5.74) is 0.702. The smallest absolute Gasteiger partial charge is 0.347 e. The lowest BCUT2D eigenvalue weighted by atomic mass is 10.2. The number of anilines is 1. The van der Waals surface area contributed by atoms with E-state index >= 15 is 0 Å². The molecule has 0 radical (unpaired) electrons. The number of hydrogen-bond donors (Lipinski definition) is 1. The summed E-state index contributed by atoms with van der Waals surface area (Å²) in [5.74, 6) is 0.567. The Labute approximate surface area is 169 Å². The van der Waals surface area contributed by atoms with E-state index in [0.29, 0.717) is 18.0 Å². The molecule has 1 N–H and O–H groups in total. The molecule has 0 saturated carbocycles. The number of carbonyl (C=O) groups is 2. The molecule has 0 aromatic heterocycles. The standard InChI is InChI=1S/C23H21NO5/c1-17(25)24-20-12-6-8-14-22(20)29-23(26)19-11-5-7-13-21(19)28-16-15-27-18-9-3-2-4-10-18/h2-14H,15-16H2,1H3,(H,24,25). The zero-order valence-corrected chi connectivity index (χ0v) is 16.0. The van der Waals surface area contributed by atoms with Crippen molar-refractivity contribution in [1.29, 1.82) is 0 Å². The van der Waals surface area contributed by atoms with Gasteiger partial charge in [-0.25, -0.2) is 4.79 Å². The lowest BCUT2D eigenvalue weighted by Crippen LogP contribution is -2.15. The number of benzene rings is 3. The van der Waals surface area contributed by atoms with Crippen molar-refractivity contribution in [3.8, 4) is 17.2 Å². The molecule has 0 saturated heterocycles. The van der Waals surface area contributed by atoms with Crippen molar-refractivity contribution in [3.05, 3.63) is 84.4 Å². The maximum atomic E-state index is 12.7. The first-order valence-corrected chi connectivity index (χ1v) is 9.12. The Bertz CT molecular complexity index is 972. The minimum atomic E-state index is -0.581. The molecule has 0 aliphatic heterocycles. The van der Waals surface area contributed by atoms with Gasteiger partial charge in [-0.05, 0) is 36.4 Å². The van der Waals surface area contributed by atoms with Crippen molar-refractivity contribution in [1.82, 2.24) is 0 Å². The molecule has 0 unspecified atom stereocenters. The van der Waals surface area contributed by atoms with E-state index in [1.807, 2.05) is 30.3 Å². The third-order valence-corrected chi connectivity index (χ3v) is 3.86. The van der Waals surface area contributed by atoms with Gasteiger partial charge in [0.1, 0.15) is 30.3 Å². The number of hydrogen-bond acceptors (Lipinski definition) is 5. The van der Waals surface area contributed by atoms with Gasteiger partial charge in [0.25, 0.3) is 0 Å². The molecule has 0 atom stereocenters. The second-order valence-electron chi connectivity index (χ2n) is 6.07. The average molecular weight is 391 g/mol. The fourth-order valence-electron chi connectivity index (χ4n) is 2.59. The van der Waals surface area contributed by atoms with E-state index in [1.165, 1.54) is 6.92 Å². The van der Waals surface area contributed by atoms with Gasteiger partial charge in [-0.1, -0.05) is 42.5 Å². The Kier molecular flexibility index (Phi) is 6.84. The molecule has 6 heteroatoms. The Morgan fingerprint density at radius 1 is 0.759 bits per heavy atom. The summed E-state index contributed by atoms with van der Waals surface area (Å²) in [6.07, 6.45) is 0. The summed E-state index contributed by atoms with van der Waals surface area (Å²) in [7, 11) is 0. The number of amides is 1. The lowest BCUT2D eigenvalue weighted by Gasteiger charge is -2.13. The molecular weight excluding hydrogens is 370 g/mol. The minimum absolute atomic E-state index is 0.254. The third-order valence-electron chi connectivity index (χ3n) is 3.86. The van der Waals surface area contributed by atoms with Crippen LogP contribution in [0, 0.1) is 0 Å². The summed E-state index contributed by atoms with van der Waals surface area (Å²) in [6.45, 7) is 1.99. The van der Waals surface area contributed by atoms with Crippen LogP contribution < -0.4 is 19.5 Å². The summed E-state index contributed by atoms with van der Waals surface area (Å²) < 4.78 is 16.8. The fraction of sp³-hybridized carbons (Fsp3) is 0.130. The zero-order valence-electron chi connectivity index (χ0n) is 16.0. The van der Waals surface area contributed by atoms with E-state index in [1.54, 1.807) is 48.5 Å². The van der Waals surface area contributed by atoms with Crippen LogP contribution in [-0.4, -0.2) is 25.1 Å². The third kappa shape index (κ3) is 5.84. The van der Waals surface area contributed by atoms with E-state index in [9.17, 15) is 9.59 Å².